The Kier molecular flexibility index (Phi) is 9.59. The summed E-state index contributed by atoms with van der Waals surface area (Å²) in [4.78, 5) is 41.4. The first-order chi connectivity index (χ1) is 17.7. The van der Waals surface area contributed by atoms with E-state index in [-0.39, 0.29) is 42.9 Å². The third kappa shape index (κ3) is 8.34. The predicted molar refractivity (Wildman–Crippen MR) is 138 cm³/mol. The van der Waals surface area contributed by atoms with Gasteiger partial charge in [-0.3, -0.25) is 20.0 Å². The number of pyridine rings is 1. The fourth-order valence-electron chi connectivity index (χ4n) is 4.08. The van der Waals surface area contributed by atoms with Crippen LogP contribution in [0.3, 0.4) is 0 Å². The van der Waals surface area contributed by atoms with Crippen molar-refractivity contribution in [3.8, 4) is 5.75 Å². The number of amides is 1. The standard InChI is InChI=1S/C26H31N5O6/c27-25(28)19-2-1-17(3-5-23(32)33)22(15-19)37-16-20(4-6-24(34)35)30-26(36)18-9-13-31(14-10-18)21-7-11-29-12-8-21/h1-3,5,7-8,11-12,15,18,20H,4,6,9-10,13-14,16H2,(H3,27,28)(H,30,36)(H,32,33)(H,34,35)/t20-/m0/s1. The van der Waals surface area contributed by atoms with E-state index < -0.39 is 18.0 Å². The van der Waals surface area contributed by atoms with E-state index in [0.29, 0.717) is 24.0 Å². The van der Waals surface area contributed by atoms with E-state index in [2.05, 4.69) is 15.2 Å². The van der Waals surface area contributed by atoms with Crippen molar-refractivity contribution < 1.29 is 29.3 Å². The fraction of sp³-hybridized carbons (Fsp3) is 0.346. The maximum absolute atomic E-state index is 13.0. The highest BCUT2D eigenvalue weighted by Crippen LogP contribution is 2.24. The van der Waals surface area contributed by atoms with Crippen LogP contribution in [-0.4, -0.2) is 64.6 Å². The van der Waals surface area contributed by atoms with Crippen molar-refractivity contribution in [3.63, 3.8) is 0 Å². The number of nitrogens with zero attached hydrogens (tertiary/aromatic N) is 2. The number of hydrogen-bond donors (Lipinski definition) is 5. The van der Waals surface area contributed by atoms with Gasteiger partial charge < -0.3 is 30.9 Å². The molecule has 11 nitrogen and oxygen atoms in total. The van der Waals surface area contributed by atoms with E-state index in [4.69, 9.17) is 26.1 Å². The van der Waals surface area contributed by atoms with Gasteiger partial charge in [-0.1, -0.05) is 12.1 Å². The number of rotatable bonds is 12. The van der Waals surface area contributed by atoms with Gasteiger partial charge in [0.05, 0.1) is 6.04 Å². The molecule has 0 saturated carbocycles. The molecule has 6 N–H and O–H groups in total. The average Bonchev–Trinajstić information content (AvgIpc) is 2.89. The molecule has 0 spiro atoms. The number of ether oxygens (including phenoxy) is 1. The van der Waals surface area contributed by atoms with E-state index in [1.807, 2.05) is 12.1 Å². The number of nitrogens with one attached hydrogen (secondary N) is 2. The second-order valence-electron chi connectivity index (χ2n) is 8.75. The quantitative estimate of drug-likeness (QED) is 0.163. The van der Waals surface area contributed by atoms with Crippen LogP contribution in [0.2, 0.25) is 0 Å². The van der Waals surface area contributed by atoms with Crippen LogP contribution in [0.4, 0.5) is 5.69 Å². The fourth-order valence-corrected chi connectivity index (χ4v) is 4.08. The first-order valence-electron chi connectivity index (χ1n) is 11.9. The Morgan fingerprint density at radius 3 is 2.51 bits per heavy atom. The minimum absolute atomic E-state index is 0.0375. The normalized spacial score (nSPS) is 14.8. The number of carboxylic acids is 2. The van der Waals surface area contributed by atoms with Crippen LogP contribution in [0.25, 0.3) is 6.08 Å². The lowest BCUT2D eigenvalue weighted by Crippen LogP contribution is -2.46. The average molecular weight is 510 g/mol. The number of nitrogen functional groups attached to an aromatic ring is 1. The van der Waals surface area contributed by atoms with Gasteiger partial charge in [0, 0.05) is 60.7 Å². The lowest BCUT2D eigenvalue weighted by Gasteiger charge is -2.33. The summed E-state index contributed by atoms with van der Waals surface area (Å²) in [6, 6.07) is 7.93. The first-order valence-corrected chi connectivity index (χ1v) is 11.9. The number of aliphatic carboxylic acids is 2. The van der Waals surface area contributed by atoms with E-state index in [1.54, 1.807) is 24.5 Å². The van der Waals surface area contributed by atoms with Crippen molar-refractivity contribution in [2.24, 2.45) is 11.7 Å². The summed E-state index contributed by atoms with van der Waals surface area (Å²) in [5.41, 5.74) is 7.46. The molecule has 1 fully saturated rings. The third-order valence-electron chi connectivity index (χ3n) is 6.12. The van der Waals surface area contributed by atoms with Gasteiger partial charge in [0.2, 0.25) is 5.91 Å². The number of benzene rings is 1. The molecule has 0 aliphatic carbocycles. The maximum atomic E-state index is 13.0. The smallest absolute Gasteiger partial charge is 0.328 e. The number of aromatic nitrogens is 1. The van der Waals surface area contributed by atoms with Crippen molar-refractivity contribution in [3.05, 3.63) is 59.9 Å². The van der Waals surface area contributed by atoms with Crippen LogP contribution < -0.4 is 20.7 Å². The predicted octanol–water partition coefficient (Wildman–Crippen LogP) is 2.11. The van der Waals surface area contributed by atoms with Crippen LogP contribution in [0.1, 0.15) is 36.8 Å². The number of carbonyl (C=O) groups is 3. The van der Waals surface area contributed by atoms with E-state index in [0.717, 1.165) is 24.9 Å². The minimum atomic E-state index is -1.14. The minimum Gasteiger partial charge on any atom is -0.491 e. The Bertz CT molecular complexity index is 1150. The zero-order valence-electron chi connectivity index (χ0n) is 20.3. The molecule has 37 heavy (non-hydrogen) atoms. The number of piperidine rings is 1. The molecule has 1 amide bonds. The number of carboxylic acid groups (broad SMARTS) is 2. The van der Waals surface area contributed by atoms with Crippen molar-refractivity contribution in [2.45, 2.75) is 31.7 Å². The molecule has 0 radical (unpaired) electrons. The lowest BCUT2D eigenvalue weighted by molar-refractivity contribution is -0.137. The third-order valence-corrected chi connectivity index (χ3v) is 6.12. The number of anilines is 1. The van der Waals surface area contributed by atoms with Gasteiger partial charge in [0.15, 0.2) is 0 Å². The summed E-state index contributed by atoms with van der Waals surface area (Å²) < 4.78 is 5.90. The second kappa shape index (κ2) is 13.1. The SMILES string of the molecule is N=C(N)c1ccc(C=CC(=O)O)c(OC[C@H](CCC(=O)O)NC(=O)C2CCN(c3ccncc3)CC2)c1. The van der Waals surface area contributed by atoms with Crippen molar-refractivity contribution in [1.29, 1.82) is 5.41 Å². The number of hydrogen-bond acceptors (Lipinski definition) is 7. The Balaban J connectivity index is 1.66. The number of amidine groups is 1. The molecule has 1 saturated heterocycles. The molecule has 2 heterocycles. The molecular weight excluding hydrogens is 478 g/mol. The molecule has 11 heteroatoms. The van der Waals surface area contributed by atoms with Gasteiger partial charge in [-0.25, -0.2) is 4.79 Å². The molecule has 0 unspecified atom stereocenters. The number of nitrogens with two attached hydrogens (primary N) is 1. The highest BCUT2D eigenvalue weighted by atomic mass is 16.5. The monoisotopic (exact) mass is 509 g/mol. The summed E-state index contributed by atoms with van der Waals surface area (Å²) >= 11 is 0. The van der Waals surface area contributed by atoms with Gasteiger partial charge in [0.25, 0.3) is 0 Å². The zero-order chi connectivity index (χ0) is 26.8. The van der Waals surface area contributed by atoms with Crippen LogP contribution >= 0.6 is 0 Å². The topological polar surface area (TPSA) is 179 Å². The van der Waals surface area contributed by atoms with Crippen molar-refractivity contribution >= 4 is 35.4 Å². The summed E-state index contributed by atoms with van der Waals surface area (Å²) in [6.07, 6.45) is 7.08. The van der Waals surface area contributed by atoms with Crippen LogP contribution in [0.15, 0.2) is 48.8 Å². The molecule has 1 atom stereocenters. The highest BCUT2D eigenvalue weighted by Gasteiger charge is 2.27. The molecule has 3 rings (SSSR count). The summed E-state index contributed by atoms with van der Waals surface area (Å²) in [7, 11) is 0. The number of carbonyl (C=O) groups excluding carboxylic acids is 1. The van der Waals surface area contributed by atoms with Gasteiger partial charge in [-0.05, 0) is 43.5 Å². The molecule has 1 aromatic heterocycles. The van der Waals surface area contributed by atoms with Gasteiger partial charge in [0.1, 0.15) is 18.2 Å². The van der Waals surface area contributed by atoms with E-state index in [1.165, 1.54) is 12.1 Å². The molecule has 196 valence electrons. The van der Waals surface area contributed by atoms with E-state index >= 15 is 0 Å². The van der Waals surface area contributed by atoms with Crippen LogP contribution in [0.5, 0.6) is 5.75 Å². The lowest BCUT2D eigenvalue weighted by atomic mass is 9.95. The van der Waals surface area contributed by atoms with Crippen LogP contribution in [0, 0.1) is 11.3 Å². The molecule has 1 aromatic carbocycles. The zero-order valence-corrected chi connectivity index (χ0v) is 20.3. The Hall–Kier alpha value is -4.41. The first kappa shape index (κ1) is 27.2. The maximum Gasteiger partial charge on any atom is 0.328 e. The summed E-state index contributed by atoms with van der Waals surface area (Å²) in [6.45, 7) is 1.40. The van der Waals surface area contributed by atoms with Crippen LogP contribution in [-0.2, 0) is 14.4 Å². The molecule has 1 aliphatic rings. The molecular formula is C26H31N5O6. The van der Waals surface area contributed by atoms with Crippen molar-refractivity contribution in [1.82, 2.24) is 10.3 Å². The van der Waals surface area contributed by atoms with Crippen molar-refractivity contribution in [2.75, 3.05) is 24.6 Å². The Morgan fingerprint density at radius 2 is 1.89 bits per heavy atom. The van der Waals surface area contributed by atoms with Gasteiger partial charge >= 0.3 is 11.9 Å². The Morgan fingerprint density at radius 1 is 1.19 bits per heavy atom. The Labute approximate surface area is 214 Å². The van der Waals surface area contributed by atoms with E-state index in [9.17, 15) is 14.4 Å². The van der Waals surface area contributed by atoms with Gasteiger partial charge in [-0.15, -0.1) is 0 Å². The molecule has 0 bridgehead atoms. The highest BCUT2D eigenvalue weighted by molar-refractivity contribution is 5.96. The molecule has 1 aliphatic heterocycles. The largest absolute Gasteiger partial charge is 0.491 e. The molecule has 2 aromatic rings. The van der Waals surface area contributed by atoms with Gasteiger partial charge in [-0.2, -0.15) is 0 Å². The summed E-state index contributed by atoms with van der Waals surface area (Å²) in [5, 5.41) is 28.7. The summed E-state index contributed by atoms with van der Waals surface area (Å²) in [5.74, 6) is -2.41. The second-order valence-corrected chi connectivity index (χ2v) is 8.75.